The Bertz CT molecular complexity index is 553. The van der Waals surface area contributed by atoms with Crippen molar-refractivity contribution in [3.8, 4) is 5.75 Å². The van der Waals surface area contributed by atoms with E-state index in [9.17, 15) is 5.11 Å². The number of benzene rings is 1. The maximum atomic E-state index is 9.53. The highest BCUT2D eigenvalue weighted by Crippen LogP contribution is 2.24. The molecule has 1 unspecified atom stereocenters. The third kappa shape index (κ3) is 2.96. The van der Waals surface area contributed by atoms with Crippen LogP contribution in [0, 0.1) is 20.8 Å². The van der Waals surface area contributed by atoms with E-state index in [1.165, 1.54) is 0 Å². The summed E-state index contributed by atoms with van der Waals surface area (Å²) < 4.78 is 10.9. The van der Waals surface area contributed by atoms with Crippen molar-refractivity contribution in [1.82, 2.24) is 5.16 Å². The fraction of sp³-hybridized carbons (Fsp3) is 0.400. The molecule has 1 atom stereocenters. The number of nitrogens with zero attached hydrogens (tertiary/aromatic N) is 1. The van der Waals surface area contributed by atoms with Gasteiger partial charge in [-0.2, -0.15) is 0 Å². The lowest BCUT2D eigenvalue weighted by Crippen LogP contribution is -2.00. The van der Waals surface area contributed by atoms with Crippen molar-refractivity contribution in [2.75, 3.05) is 0 Å². The maximum Gasteiger partial charge on any atom is 0.140 e. The van der Waals surface area contributed by atoms with E-state index < -0.39 is 6.10 Å². The number of hydrogen-bond acceptors (Lipinski definition) is 4. The van der Waals surface area contributed by atoms with Gasteiger partial charge in [0.1, 0.15) is 18.1 Å². The summed E-state index contributed by atoms with van der Waals surface area (Å²) >= 11 is 0. The van der Waals surface area contributed by atoms with E-state index in [1.807, 2.05) is 39.0 Å². The second-order valence-corrected chi connectivity index (χ2v) is 4.79. The molecule has 2 aromatic rings. The number of aryl methyl sites for hydroxylation is 3. The molecule has 1 aromatic heterocycles. The summed E-state index contributed by atoms with van der Waals surface area (Å²) in [6, 6.07) is 5.70. The standard InChI is InChI=1S/C15H19NO3/c1-9-7-13(11(3)17)5-6-15(9)18-8-14-10(2)16-19-12(14)4/h5-7,11,17H,8H2,1-4H3. The predicted molar refractivity (Wildman–Crippen MR) is 72.1 cm³/mol. The smallest absolute Gasteiger partial charge is 0.140 e. The van der Waals surface area contributed by atoms with Crippen molar-refractivity contribution in [1.29, 1.82) is 0 Å². The average molecular weight is 261 g/mol. The molecule has 0 aliphatic rings. The largest absolute Gasteiger partial charge is 0.488 e. The molecule has 0 amide bonds. The van der Waals surface area contributed by atoms with Gasteiger partial charge >= 0.3 is 0 Å². The minimum atomic E-state index is -0.463. The highest BCUT2D eigenvalue weighted by atomic mass is 16.5. The Kier molecular flexibility index (Phi) is 3.90. The first-order valence-corrected chi connectivity index (χ1v) is 6.32. The molecule has 102 valence electrons. The summed E-state index contributed by atoms with van der Waals surface area (Å²) in [4.78, 5) is 0. The molecule has 1 aromatic carbocycles. The van der Waals surface area contributed by atoms with Gasteiger partial charge in [0, 0.05) is 0 Å². The van der Waals surface area contributed by atoms with Gasteiger partial charge in [0.05, 0.1) is 17.4 Å². The first-order chi connectivity index (χ1) is 8.99. The van der Waals surface area contributed by atoms with Gasteiger partial charge in [-0.25, -0.2) is 0 Å². The summed E-state index contributed by atoms with van der Waals surface area (Å²) in [5.41, 5.74) is 3.74. The molecule has 0 spiro atoms. The summed E-state index contributed by atoms with van der Waals surface area (Å²) in [5.74, 6) is 1.60. The number of aliphatic hydroxyl groups is 1. The molecule has 1 heterocycles. The van der Waals surface area contributed by atoms with E-state index >= 15 is 0 Å². The molecule has 4 heteroatoms. The molecule has 0 radical (unpaired) electrons. The van der Waals surface area contributed by atoms with Crippen LogP contribution in [0.4, 0.5) is 0 Å². The van der Waals surface area contributed by atoms with Gasteiger partial charge in [0.15, 0.2) is 0 Å². The zero-order valence-corrected chi connectivity index (χ0v) is 11.7. The second kappa shape index (κ2) is 5.45. The van der Waals surface area contributed by atoms with Crippen molar-refractivity contribution in [3.63, 3.8) is 0 Å². The quantitative estimate of drug-likeness (QED) is 0.918. The van der Waals surface area contributed by atoms with E-state index in [-0.39, 0.29) is 0 Å². The zero-order valence-electron chi connectivity index (χ0n) is 11.7. The Morgan fingerprint density at radius 2 is 2.05 bits per heavy atom. The van der Waals surface area contributed by atoms with Gasteiger partial charge in [-0.3, -0.25) is 0 Å². The van der Waals surface area contributed by atoms with Gasteiger partial charge in [-0.05, 0) is 51.0 Å². The van der Waals surface area contributed by atoms with Gasteiger partial charge in [0.25, 0.3) is 0 Å². The van der Waals surface area contributed by atoms with Crippen LogP contribution >= 0.6 is 0 Å². The molecule has 0 saturated carbocycles. The molecule has 0 aliphatic heterocycles. The maximum absolute atomic E-state index is 9.53. The average Bonchev–Trinajstić information content (AvgIpc) is 2.68. The molecule has 0 bridgehead atoms. The summed E-state index contributed by atoms with van der Waals surface area (Å²) in [7, 11) is 0. The first-order valence-electron chi connectivity index (χ1n) is 6.32. The van der Waals surface area contributed by atoms with E-state index in [2.05, 4.69) is 5.16 Å². The van der Waals surface area contributed by atoms with Gasteiger partial charge in [-0.15, -0.1) is 0 Å². The monoisotopic (exact) mass is 261 g/mol. The molecule has 1 N–H and O–H groups in total. The number of aromatic nitrogens is 1. The molecule has 0 fully saturated rings. The van der Waals surface area contributed by atoms with Crippen LogP contribution in [0.1, 0.15) is 41.2 Å². The van der Waals surface area contributed by atoms with Crippen molar-refractivity contribution in [3.05, 3.63) is 46.3 Å². The van der Waals surface area contributed by atoms with Gasteiger partial charge in [0.2, 0.25) is 0 Å². The Balaban J connectivity index is 2.12. The van der Waals surface area contributed by atoms with Gasteiger partial charge < -0.3 is 14.4 Å². The van der Waals surface area contributed by atoms with Crippen LogP contribution in [0.2, 0.25) is 0 Å². The molecular formula is C15H19NO3. The predicted octanol–water partition coefficient (Wildman–Crippen LogP) is 3.23. The van der Waals surface area contributed by atoms with Crippen LogP contribution in [-0.2, 0) is 6.61 Å². The molecule has 19 heavy (non-hydrogen) atoms. The van der Waals surface area contributed by atoms with Crippen LogP contribution in [0.25, 0.3) is 0 Å². The Labute approximate surface area is 113 Å². The number of hydrogen-bond donors (Lipinski definition) is 1. The van der Waals surface area contributed by atoms with E-state index in [0.717, 1.165) is 33.9 Å². The third-order valence-electron chi connectivity index (χ3n) is 3.23. The Morgan fingerprint density at radius 3 is 2.58 bits per heavy atom. The third-order valence-corrected chi connectivity index (χ3v) is 3.23. The highest BCUT2D eigenvalue weighted by molar-refractivity contribution is 5.37. The van der Waals surface area contributed by atoms with E-state index in [1.54, 1.807) is 6.92 Å². The minimum absolute atomic E-state index is 0.441. The molecule has 2 rings (SSSR count). The fourth-order valence-electron chi connectivity index (χ4n) is 1.95. The van der Waals surface area contributed by atoms with Crippen molar-refractivity contribution in [2.24, 2.45) is 0 Å². The summed E-state index contributed by atoms with van der Waals surface area (Å²) in [5, 5.41) is 13.4. The lowest BCUT2D eigenvalue weighted by atomic mass is 10.1. The van der Waals surface area contributed by atoms with E-state index in [0.29, 0.717) is 6.61 Å². The van der Waals surface area contributed by atoms with Crippen molar-refractivity contribution in [2.45, 2.75) is 40.4 Å². The van der Waals surface area contributed by atoms with Crippen LogP contribution < -0.4 is 4.74 Å². The van der Waals surface area contributed by atoms with Crippen molar-refractivity contribution < 1.29 is 14.4 Å². The zero-order chi connectivity index (χ0) is 14.0. The lowest BCUT2D eigenvalue weighted by molar-refractivity contribution is 0.199. The van der Waals surface area contributed by atoms with Crippen LogP contribution in [-0.4, -0.2) is 10.3 Å². The normalized spacial score (nSPS) is 12.5. The number of rotatable bonds is 4. The first kappa shape index (κ1) is 13.6. The Morgan fingerprint density at radius 1 is 1.32 bits per heavy atom. The molecule has 0 saturated heterocycles. The SMILES string of the molecule is Cc1cc(C(C)O)ccc1OCc1c(C)noc1C. The van der Waals surface area contributed by atoms with Crippen LogP contribution in [0.5, 0.6) is 5.75 Å². The second-order valence-electron chi connectivity index (χ2n) is 4.79. The number of aliphatic hydroxyl groups excluding tert-OH is 1. The van der Waals surface area contributed by atoms with Crippen LogP contribution in [0.3, 0.4) is 0 Å². The molecule has 0 aliphatic carbocycles. The van der Waals surface area contributed by atoms with Crippen molar-refractivity contribution >= 4 is 0 Å². The Hall–Kier alpha value is -1.81. The fourth-order valence-corrected chi connectivity index (χ4v) is 1.95. The van der Waals surface area contributed by atoms with Gasteiger partial charge in [-0.1, -0.05) is 11.2 Å². The molecular weight excluding hydrogens is 242 g/mol. The lowest BCUT2D eigenvalue weighted by Gasteiger charge is -2.11. The van der Waals surface area contributed by atoms with E-state index in [4.69, 9.17) is 9.26 Å². The number of ether oxygens (including phenoxy) is 1. The highest BCUT2D eigenvalue weighted by Gasteiger charge is 2.11. The summed E-state index contributed by atoms with van der Waals surface area (Å²) in [6.45, 7) is 7.93. The topological polar surface area (TPSA) is 55.5 Å². The minimum Gasteiger partial charge on any atom is -0.488 e. The summed E-state index contributed by atoms with van der Waals surface area (Å²) in [6.07, 6.45) is -0.463. The molecule has 4 nitrogen and oxygen atoms in total. The van der Waals surface area contributed by atoms with Crippen LogP contribution in [0.15, 0.2) is 22.7 Å².